The Balaban J connectivity index is 1.85. The Morgan fingerprint density at radius 3 is 2.69 bits per heavy atom. The first kappa shape index (κ1) is 18.7. The van der Waals surface area contributed by atoms with Crippen molar-refractivity contribution in [3.63, 3.8) is 0 Å². The predicted octanol–water partition coefficient (Wildman–Crippen LogP) is 4.66. The lowest BCUT2D eigenvalue weighted by molar-refractivity contribution is 0.0594. The van der Waals surface area contributed by atoms with Gasteiger partial charge in [0.25, 0.3) is 0 Å². The molecule has 0 saturated heterocycles. The van der Waals surface area contributed by atoms with Gasteiger partial charge in [0.2, 0.25) is 0 Å². The number of rotatable bonds is 5. The Labute approximate surface area is 157 Å². The molecule has 1 aliphatic rings. The van der Waals surface area contributed by atoms with Gasteiger partial charge in [0, 0.05) is 13.6 Å². The summed E-state index contributed by atoms with van der Waals surface area (Å²) in [6.07, 6.45) is 4.57. The van der Waals surface area contributed by atoms with Gasteiger partial charge < -0.3 is 10.0 Å². The molecule has 0 radical (unpaired) electrons. The van der Waals surface area contributed by atoms with Crippen LogP contribution in [-0.2, 0) is 18.4 Å². The minimum atomic E-state index is -0.680. The number of aryl methyl sites for hydroxylation is 3. The molecule has 1 N–H and O–H groups in total. The molecule has 0 saturated carbocycles. The third kappa shape index (κ3) is 3.83. The molecule has 3 nitrogen and oxygen atoms in total. The van der Waals surface area contributed by atoms with Crippen molar-refractivity contribution in [2.45, 2.75) is 52.6 Å². The van der Waals surface area contributed by atoms with Gasteiger partial charge >= 0.3 is 0 Å². The van der Waals surface area contributed by atoms with Crippen molar-refractivity contribution in [3.05, 3.63) is 63.7 Å². The molecule has 0 fully saturated rings. The van der Waals surface area contributed by atoms with Crippen LogP contribution in [0.2, 0.25) is 0 Å². The average molecular weight is 351 g/mol. The second-order valence-electron chi connectivity index (χ2n) is 7.83. The van der Waals surface area contributed by atoms with Gasteiger partial charge in [0.05, 0.1) is 17.6 Å². The molecule has 3 rings (SSSR count). The van der Waals surface area contributed by atoms with Crippen LogP contribution in [0.15, 0.2) is 35.3 Å². The van der Waals surface area contributed by atoms with Crippen molar-refractivity contribution in [1.29, 1.82) is 0 Å². The van der Waals surface area contributed by atoms with Crippen LogP contribution >= 0.6 is 0 Å². The summed E-state index contributed by atoms with van der Waals surface area (Å²) in [6, 6.07) is 11.0. The highest BCUT2D eigenvalue weighted by molar-refractivity contribution is 5.64. The van der Waals surface area contributed by atoms with E-state index in [2.05, 4.69) is 61.0 Å². The van der Waals surface area contributed by atoms with Gasteiger partial charge in [-0.1, -0.05) is 24.3 Å². The third-order valence-electron chi connectivity index (χ3n) is 5.58. The SMILES string of the molecule is CCN(C)/C=N/c1cc(C)c(Cc2ccc3c(c2)C(C)(O)CC3)cc1C. The first-order valence-electron chi connectivity index (χ1n) is 9.49. The third-order valence-corrected chi connectivity index (χ3v) is 5.58. The maximum atomic E-state index is 10.6. The predicted molar refractivity (Wildman–Crippen MR) is 110 cm³/mol. The molecule has 0 spiro atoms. The number of nitrogens with zero attached hydrogens (tertiary/aromatic N) is 2. The fraction of sp³-hybridized carbons (Fsp3) is 0.435. The Morgan fingerprint density at radius 2 is 1.96 bits per heavy atom. The first-order chi connectivity index (χ1) is 12.3. The van der Waals surface area contributed by atoms with Crippen molar-refractivity contribution >= 4 is 12.0 Å². The lowest BCUT2D eigenvalue weighted by atomic mass is 9.93. The van der Waals surface area contributed by atoms with Crippen molar-refractivity contribution in [1.82, 2.24) is 4.90 Å². The van der Waals surface area contributed by atoms with E-state index in [0.717, 1.165) is 37.1 Å². The van der Waals surface area contributed by atoms with Gasteiger partial charge in [0.1, 0.15) is 0 Å². The largest absolute Gasteiger partial charge is 0.385 e. The molecule has 2 aromatic carbocycles. The topological polar surface area (TPSA) is 35.8 Å². The Kier molecular flexibility index (Phi) is 5.19. The summed E-state index contributed by atoms with van der Waals surface area (Å²) in [5.74, 6) is 0. The molecule has 0 heterocycles. The zero-order valence-electron chi connectivity index (χ0n) is 16.6. The smallest absolute Gasteiger partial charge is 0.0909 e. The molecule has 0 amide bonds. The highest BCUT2D eigenvalue weighted by Crippen LogP contribution is 2.37. The number of aliphatic imine (C=N–C) groups is 1. The number of hydrogen-bond acceptors (Lipinski definition) is 2. The summed E-state index contributed by atoms with van der Waals surface area (Å²) in [7, 11) is 2.03. The summed E-state index contributed by atoms with van der Waals surface area (Å²) in [5, 5.41) is 10.6. The van der Waals surface area contributed by atoms with Gasteiger partial charge in [-0.25, -0.2) is 4.99 Å². The van der Waals surface area contributed by atoms with E-state index >= 15 is 0 Å². The molecular formula is C23H30N2O. The Bertz CT molecular complexity index is 836. The van der Waals surface area contributed by atoms with E-state index in [4.69, 9.17) is 0 Å². The van der Waals surface area contributed by atoms with Gasteiger partial charge in [0.15, 0.2) is 0 Å². The molecule has 1 aliphatic carbocycles. The first-order valence-corrected chi connectivity index (χ1v) is 9.49. The van der Waals surface area contributed by atoms with E-state index < -0.39 is 5.60 Å². The van der Waals surface area contributed by atoms with Crippen molar-refractivity contribution in [2.24, 2.45) is 4.99 Å². The monoisotopic (exact) mass is 350 g/mol. The molecule has 26 heavy (non-hydrogen) atoms. The molecule has 0 bridgehead atoms. The number of hydrogen-bond donors (Lipinski definition) is 1. The van der Waals surface area contributed by atoms with E-state index in [-0.39, 0.29) is 0 Å². The normalized spacial score (nSPS) is 19.2. The number of benzene rings is 2. The van der Waals surface area contributed by atoms with E-state index in [9.17, 15) is 5.11 Å². The fourth-order valence-electron chi connectivity index (χ4n) is 3.62. The summed E-state index contributed by atoms with van der Waals surface area (Å²) in [4.78, 5) is 6.69. The summed E-state index contributed by atoms with van der Waals surface area (Å²) < 4.78 is 0. The number of aliphatic hydroxyl groups is 1. The van der Waals surface area contributed by atoms with Crippen LogP contribution in [0.3, 0.4) is 0 Å². The van der Waals surface area contributed by atoms with Gasteiger partial charge in [-0.05, 0) is 86.4 Å². The quantitative estimate of drug-likeness (QED) is 0.629. The minimum Gasteiger partial charge on any atom is -0.385 e. The van der Waals surface area contributed by atoms with E-state index in [1.165, 1.54) is 27.8 Å². The minimum absolute atomic E-state index is 0.680. The second kappa shape index (κ2) is 7.24. The van der Waals surface area contributed by atoms with Crippen LogP contribution in [0.5, 0.6) is 0 Å². The second-order valence-corrected chi connectivity index (χ2v) is 7.83. The standard InChI is InChI=1S/C23H30N2O/c1-6-25(5)15-24-22-12-16(2)20(11-17(22)3)13-18-7-8-19-9-10-23(4,26)21(19)14-18/h7-8,11-12,14-15,26H,6,9-10,13H2,1-5H3/b24-15+. The zero-order valence-corrected chi connectivity index (χ0v) is 16.6. The average Bonchev–Trinajstić information content (AvgIpc) is 2.91. The van der Waals surface area contributed by atoms with Crippen LogP contribution in [0, 0.1) is 13.8 Å². The highest BCUT2D eigenvalue weighted by atomic mass is 16.3. The molecule has 1 atom stereocenters. The Morgan fingerprint density at radius 1 is 1.19 bits per heavy atom. The van der Waals surface area contributed by atoms with Crippen LogP contribution in [0.4, 0.5) is 5.69 Å². The zero-order chi connectivity index (χ0) is 18.9. The summed E-state index contributed by atoms with van der Waals surface area (Å²) in [5.41, 5.74) is 7.78. The maximum Gasteiger partial charge on any atom is 0.0909 e. The molecule has 0 aliphatic heterocycles. The van der Waals surface area contributed by atoms with Crippen LogP contribution < -0.4 is 0 Å². The number of fused-ring (bicyclic) bond motifs is 1. The summed E-state index contributed by atoms with van der Waals surface area (Å²) in [6.45, 7) is 9.26. The molecule has 2 aromatic rings. The van der Waals surface area contributed by atoms with E-state index in [1.807, 2.05) is 20.3 Å². The van der Waals surface area contributed by atoms with Gasteiger partial charge in [-0.2, -0.15) is 0 Å². The summed E-state index contributed by atoms with van der Waals surface area (Å²) >= 11 is 0. The van der Waals surface area contributed by atoms with Crippen LogP contribution in [0.25, 0.3) is 0 Å². The lowest BCUT2D eigenvalue weighted by Crippen LogP contribution is -2.16. The molecule has 0 aromatic heterocycles. The lowest BCUT2D eigenvalue weighted by Gasteiger charge is -2.18. The Hall–Kier alpha value is -2.13. The molecule has 3 heteroatoms. The van der Waals surface area contributed by atoms with Crippen LogP contribution in [-0.4, -0.2) is 29.9 Å². The van der Waals surface area contributed by atoms with Crippen molar-refractivity contribution in [3.8, 4) is 0 Å². The van der Waals surface area contributed by atoms with E-state index in [1.54, 1.807) is 0 Å². The molecule has 138 valence electrons. The van der Waals surface area contributed by atoms with Gasteiger partial charge in [-0.3, -0.25) is 0 Å². The van der Waals surface area contributed by atoms with Crippen LogP contribution in [0.1, 0.15) is 53.6 Å². The molecular weight excluding hydrogens is 320 g/mol. The van der Waals surface area contributed by atoms with Gasteiger partial charge in [-0.15, -0.1) is 0 Å². The molecule has 1 unspecified atom stereocenters. The highest BCUT2D eigenvalue weighted by Gasteiger charge is 2.31. The fourth-order valence-corrected chi connectivity index (χ4v) is 3.62. The van der Waals surface area contributed by atoms with Crippen molar-refractivity contribution in [2.75, 3.05) is 13.6 Å². The maximum absolute atomic E-state index is 10.6. The van der Waals surface area contributed by atoms with E-state index in [0.29, 0.717) is 0 Å². The van der Waals surface area contributed by atoms with Crippen molar-refractivity contribution < 1.29 is 5.11 Å².